The molecule has 0 bridgehead atoms. The summed E-state index contributed by atoms with van der Waals surface area (Å²) in [4.78, 5) is 11.4. The molecule has 2 atom stereocenters. The van der Waals surface area contributed by atoms with E-state index in [-0.39, 0.29) is 17.7 Å². The Kier molecular flexibility index (Phi) is 4.50. The topological polar surface area (TPSA) is 44.8 Å². The van der Waals surface area contributed by atoms with E-state index >= 15 is 0 Å². The summed E-state index contributed by atoms with van der Waals surface area (Å²) in [5.41, 5.74) is 0.560. The number of ketones is 1. The SMILES string of the molecule is COCCOC1C(=O)CC1Oc1ccc(C)c(F)c1. The standard InChI is InChI=1S/C14H17FO4/c1-9-3-4-10(7-11(9)15)19-13-8-12(16)14(13)18-6-5-17-2/h3-4,7,13-14H,5-6,8H2,1-2H3. The van der Waals surface area contributed by atoms with Crippen molar-refractivity contribution in [2.24, 2.45) is 0 Å². The van der Waals surface area contributed by atoms with Gasteiger partial charge >= 0.3 is 0 Å². The van der Waals surface area contributed by atoms with Crippen LogP contribution in [0.3, 0.4) is 0 Å². The first kappa shape index (κ1) is 14.0. The van der Waals surface area contributed by atoms with Crippen LogP contribution in [0, 0.1) is 12.7 Å². The number of Topliss-reactive ketones (excluding diaryl/α,β-unsaturated/α-hetero) is 1. The number of benzene rings is 1. The van der Waals surface area contributed by atoms with Crippen molar-refractivity contribution in [1.82, 2.24) is 0 Å². The van der Waals surface area contributed by atoms with Gasteiger partial charge < -0.3 is 14.2 Å². The average Bonchev–Trinajstić information content (AvgIpc) is 2.38. The molecule has 0 radical (unpaired) electrons. The largest absolute Gasteiger partial charge is 0.487 e. The maximum Gasteiger partial charge on any atom is 0.169 e. The predicted octanol–water partition coefficient (Wildman–Crippen LogP) is 1.89. The van der Waals surface area contributed by atoms with Crippen LogP contribution in [0.1, 0.15) is 12.0 Å². The number of methoxy groups -OCH3 is 1. The normalized spacial score (nSPS) is 22.2. The molecule has 104 valence electrons. The van der Waals surface area contributed by atoms with Crippen LogP contribution in [0.15, 0.2) is 18.2 Å². The first-order chi connectivity index (χ1) is 9.11. The Labute approximate surface area is 111 Å². The molecule has 0 spiro atoms. The molecule has 1 aromatic carbocycles. The predicted molar refractivity (Wildman–Crippen MR) is 66.8 cm³/mol. The van der Waals surface area contributed by atoms with Crippen LogP contribution in [0.5, 0.6) is 5.75 Å². The van der Waals surface area contributed by atoms with Crippen molar-refractivity contribution >= 4 is 5.78 Å². The van der Waals surface area contributed by atoms with Gasteiger partial charge in [0.25, 0.3) is 0 Å². The highest BCUT2D eigenvalue weighted by atomic mass is 19.1. The minimum atomic E-state index is -0.570. The van der Waals surface area contributed by atoms with E-state index in [0.29, 0.717) is 30.9 Å². The Morgan fingerprint density at radius 3 is 2.79 bits per heavy atom. The summed E-state index contributed by atoms with van der Waals surface area (Å²) in [6.45, 7) is 2.45. The average molecular weight is 268 g/mol. The molecule has 0 aromatic heterocycles. The van der Waals surface area contributed by atoms with Crippen LogP contribution in [-0.4, -0.2) is 38.3 Å². The molecular formula is C14H17FO4. The van der Waals surface area contributed by atoms with Gasteiger partial charge in [-0.15, -0.1) is 0 Å². The summed E-state index contributed by atoms with van der Waals surface area (Å²) in [5.74, 6) is 0.106. The van der Waals surface area contributed by atoms with Gasteiger partial charge in [0.1, 0.15) is 17.7 Å². The minimum absolute atomic E-state index is 0.00804. The number of ether oxygens (including phenoxy) is 3. The van der Waals surface area contributed by atoms with Gasteiger partial charge in [-0.1, -0.05) is 6.07 Å². The minimum Gasteiger partial charge on any atom is -0.487 e. The number of carbonyl (C=O) groups is 1. The molecule has 2 rings (SSSR count). The highest BCUT2D eigenvalue weighted by Gasteiger charge is 2.42. The Hall–Kier alpha value is -1.46. The second kappa shape index (κ2) is 6.12. The number of rotatable bonds is 6. The highest BCUT2D eigenvalue weighted by Crippen LogP contribution is 2.26. The van der Waals surface area contributed by atoms with Crippen LogP contribution in [0.4, 0.5) is 4.39 Å². The second-order valence-corrected chi connectivity index (χ2v) is 4.52. The molecule has 1 fully saturated rings. The Bertz CT molecular complexity index is 461. The van der Waals surface area contributed by atoms with Crippen LogP contribution in [-0.2, 0) is 14.3 Å². The number of aryl methyl sites for hydroxylation is 1. The Morgan fingerprint density at radius 1 is 1.37 bits per heavy atom. The summed E-state index contributed by atoms with van der Waals surface area (Å²) in [6, 6.07) is 4.66. The van der Waals surface area contributed by atoms with Gasteiger partial charge in [0.2, 0.25) is 0 Å². The molecule has 0 N–H and O–H groups in total. The van der Waals surface area contributed by atoms with Crippen molar-refractivity contribution < 1.29 is 23.4 Å². The van der Waals surface area contributed by atoms with Gasteiger partial charge in [-0.25, -0.2) is 4.39 Å². The molecule has 4 nitrogen and oxygen atoms in total. The van der Waals surface area contributed by atoms with E-state index in [1.165, 1.54) is 6.07 Å². The zero-order valence-corrected chi connectivity index (χ0v) is 11.0. The zero-order chi connectivity index (χ0) is 13.8. The number of hydrogen-bond donors (Lipinski definition) is 0. The lowest BCUT2D eigenvalue weighted by molar-refractivity contribution is -0.156. The van der Waals surface area contributed by atoms with Crippen molar-refractivity contribution in [3.05, 3.63) is 29.6 Å². The highest BCUT2D eigenvalue weighted by molar-refractivity contribution is 5.90. The molecule has 2 unspecified atom stereocenters. The van der Waals surface area contributed by atoms with Crippen LogP contribution in [0.25, 0.3) is 0 Å². The van der Waals surface area contributed by atoms with Crippen LogP contribution < -0.4 is 4.74 Å². The van der Waals surface area contributed by atoms with E-state index in [1.54, 1.807) is 26.2 Å². The van der Waals surface area contributed by atoms with E-state index in [4.69, 9.17) is 14.2 Å². The monoisotopic (exact) mass is 268 g/mol. The van der Waals surface area contributed by atoms with Crippen molar-refractivity contribution in [2.45, 2.75) is 25.6 Å². The van der Waals surface area contributed by atoms with E-state index in [0.717, 1.165) is 0 Å². The molecule has 0 saturated heterocycles. The smallest absolute Gasteiger partial charge is 0.169 e. The summed E-state index contributed by atoms with van der Waals surface area (Å²) in [7, 11) is 1.56. The van der Waals surface area contributed by atoms with Crippen molar-refractivity contribution in [2.75, 3.05) is 20.3 Å². The fourth-order valence-electron chi connectivity index (χ4n) is 1.85. The fraction of sp³-hybridized carbons (Fsp3) is 0.500. The van der Waals surface area contributed by atoms with Gasteiger partial charge in [0, 0.05) is 19.6 Å². The van der Waals surface area contributed by atoms with Crippen molar-refractivity contribution in [1.29, 1.82) is 0 Å². The lowest BCUT2D eigenvalue weighted by Gasteiger charge is -2.34. The molecule has 5 heteroatoms. The lowest BCUT2D eigenvalue weighted by Crippen LogP contribution is -2.52. The molecule has 0 heterocycles. The third kappa shape index (κ3) is 3.30. The van der Waals surface area contributed by atoms with Crippen LogP contribution in [0.2, 0.25) is 0 Å². The van der Waals surface area contributed by atoms with E-state index < -0.39 is 6.10 Å². The molecule has 1 aliphatic rings. The van der Waals surface area contributed by atoms with Gasteiger partial charge in [0.05, 0.1) is 13.2 Å². The Balaban J connectivity index is 1.91. The van der Waals surface area contributed by atoms with Gasteiger partial charge in [0.15, 0.2) is 11.9 Å². The summed E-state index contributed by atoms with van der Waals surface area (Å²) < 4.78 is 29.2. The number of halogens is 1. The Morgan fingerprint density at radius 2 is 2.16 bits per heavy atom. The molecule has 0 amide bonds. The summed E-state index contributed by atoms with van der Waals surface area (Å²) in [6.07, 6.45) is -0.612. The molecule has 1 aromatic rings. The number of hydrogen-bond acceptors (Lipinski definition) is 4. The molecular weight excluding hydrogens is 251 g/mol. The first-order valence-electron chi connectivity index (χ1n) is 6.18. The second-order valence-electron chi connectivity index (χ2n) is 4.52. The maximum atomic E-state index is 13.4. The lowest BCUT2D eigenvalue weighted by atomic mass is 9.90. The quantitative estimate of drug-likeness (QED) is 0.739. The summed E-state index contributed by atoms with van der Waals surface area (Å²) >= 11 is 0. The van der Waals surface area contributed by atoms with E-state index in [1.807, 2.05) is 0 Å². The molecule has 1 aliphatic carbocycles. The molecule has 0 aliphatic heterocycles. The van der Waals surface area contributed by atoms with Gasteiger partial charge in [-0.3, -0.25) is 4.79 Å². The number of carbonyl (C=O) groups excluding carboxylic acids is 1. The van der Waals surface area contributed by atoms with E-state index in [2.05, 4.69) is 0 Å². The zero-order valence-electron chi connectivity index (χ0n) is 11.0. The third-order valence-electron chi connectivity index (χ3n) is 3.07. The summed E-state index contributed by atoms with van der Waals surface area (Å²) in [5, 5.41) is 0. The van der Waals surface area contributed by atoms with Gasteiger partial charge in [-0.05, 0) is 18.6 Å². The molecule has 1 saturated carbocycles. The van der Waals surface area contributed by atoms with Crippen LogP contribution >= 0.6 is 0 Å². The van der Waals surface area contributed by atoms with Crippen molar-refractivity contribution in [3.8, 4) is 5.75 Å². The van der Waals surface area contributed by atoms with E-state index in [9.17, 15) is 9.18 Å². The van der Waals surface area contributed by atoms with Crippen molar-refractivity contribution in [3.63, 3.8) is 0 Å². The maximum absolute atomic E-state index is 13.4. The fourth-order valence-corrected chi connectivity index (χ4v) is 1.85. The van der Waals surface area contributed by atoms with Gasteiger partial charge in [-0.2, -0.15) is 0 Å². The molecule has 19 heavy (non-hydrogen) atoms. The third-order valence-corrected chi connectivity index (χ3v) is 3.07. The first-order valence-corrected chi connectivity index (χ1v) is 6.18.